The van der Waals surface area contributed by atoms with Crippen molar-refractivity contribution in [2.45, 2.75) is 0 Å². The molecule has 0 amide bonds. The first-order chi connectivity index (χ1) is 9.31. The molecule has 3 aromatic rings. The molecule has 0 fully saturated rings. The lowest BCUT2D eigenvalue weighted by Crippen LogP contribution is -2.29. The SMILES string of the molecule is CNn1c(-c2ccccc2)nc2ccccc2c1=O. The number of rotatable bonds is 2. The van der Waals surface area contributed by atoms with E-state index in [4.69, 9.17) is 0 Å². The topological polar surface area (TPSA) is 46.9 Å². The van der Waals surface area contributed by atoms with E-state index in [1.165, 1.54) is 4.68 Å². The quantitative estimate of drug-likeness (QED) is 0.759. The van der Waals surface area contributed by atoms with Gasteiger partial charge in [-0.15, -0.1) is 0 Å². The number of aromatic nitrogens is 2. The van der Waals surface area contributed by atoms with Crippen LogP contribution in [-0.4, -0.2) is 16.7 Å². The van der Waals surface area contributed by atoms with E-state index < -0.39 is 0 Å². The maximum absolute atomic E-state index is 12.4. The summed E-state index contributed by atoms with van der Waals surface area (Å²) < 4.78 is 1.47. The highest BCUT2D eigenvalue weighted by Crippen LogP contribution is 2.17. The van der Waals surface area contributed by atoms with Gasteiger partial charge >= 0.3 is 0 Å². The zero-order chi connectivity index (χ0) is 13.2. The van der Waals surface area contributed by atoms with E-state index in [0.29, 0.717) is 16.7 Å². The number of fused-ring (bicyclic) bond motifs is 1. The summed E-state index contributed by atoms with van der Waals surface area (Å²) >= 11 is 0. The molecule has 94 valence electrons. The lowest BCUT2D eigenvalue weighted by Gasteiger charge is -2.12. The van der Waals surface area contributed by atoms with Crippen molar-refractivity contribution in [1.29, 1.82) is 0 Å². The highest BCUT2D eigenvalue weighted by atomic mass is 16.1. The molecule has 0 atom stereocenters. The predicted molar refractivity (Wildman–Crippen MR) is 76.7 cm³/mol. The molecule has 1 N–H and O–H groups in total. The van der Waals surface area contributed by atoms with Crippen LogP contribution in [0.15, 0.2) is 59.4 Å². The van der Waals surface area contributed by atoms with Gasteiger partial charge in [0.1, 0.15) is 0 Å². The zero-order valence-corrected chi connectivity index (χ0v) is 10.5. The maximum atomic E-state index is 12.4. The molecule has 0 aliphatic heterocycles. The first-order valence-electron chi connectivity index (χ1n) is 6.06. The van der Waals surface area contributed by atoms with Crippen LogP contribution in [0, 0.1) is 0 Å². The summed E-state index contributed by atoms with van der Waals surface area (Å²) in [5.74, 6) is 0.617. The van der Waals surface area contributed by atoms with Crippen molar-refractivity contribution in [3.63, 3.8) is 0 Å². The van der Waals surface area contributed by atoms with Crippen molar-refractivity contribution in [3.8, 4) is 11.4 Å². The molecule has 0 saturated carbocycles. The van der Waals surface area contributed by atoms with Gasteiger partial charge < -0.3 is 5.43 Å². The van der Waals surface area contributed by atoms with Crippen molar-refractivity contribution in [2.24, 2.45) is 0 Å². The number of para-hydroxylation sites is 1. The Bertz CT molecular complexity index is 778. The van der Waals surface area contributed by atoms with Crippen molar-refractivity contribution < 1.29 is 0 Å². The van der Waals surface area contributed by atoms with E-state index in [2.05, 4.69) is 10.4 Å². The van der Waals surface area contributed by atoms with Crippen molar-refractivity contribution in [3.05, 3.63) is 65.0 Å². The normalized spacial score (nSPS) is 10.6. The smallest absolute Gasteiger partial charge is 0.280 e. The molecule has 19 heavy (non-hydrogen) atoms. The van der Waals surface area contributed by atoms with E-state index in [1.54, 1.807) is 13.1 Å². The Balaban J connectivity index is 2.39. The monoisotopic (exact) mass is 251 g/mol. The summed E-state index contributed by atoms with van der Waals surface area (Å²) in [6, 6.07) is 17.0. The van der Waals surface area contributed by atoms with E-state index in [-0.39, 0.29) is 5.56 Å². The van der Waals surface area contributed by atoms with Crippen molar-refractivity contribution in [1.82, 2.24) is 9.66 Å². The molecule has 2 aromatic carbocycles. The molecular weight excluding hydrogens is 238 g/mol. The Morgan fingerprint density at radius 2 is 1.68 bits per heavy atom. The van der Waals surface area contributed by atoms with Crippen molar-refractivity contribution >= 4 is 10.9 Å². The molecule has 1 heterocycles. The number of nitrogens with one attached hydrogen (secondary N) is 1. The van der Waals surface area contributed by atoms with E-state index in [1.807, 2.05) is 48.5 Å². The third-order valence-corrected chi connectivity index (χ3v) is 3.03. The third-order valence-electron chi connectivity index (χ3n) is 3.03. The standard InChI is InChI=1S/C15H13N3O/c1-16-18-14(11-7-3-2-4-8-11)17-13-10-6-5-9-12(13)15(18)19/h2-10,16H,1H3. The molecule has 0 radical (unpaired) electrons. The molecule has 4 nitrogen and oxygen atoms in total. The predicted octanol–water partition coefficient (Wildman–Crippen LogP) is 2.24. The summed E-state index contributed by atoms with van der Waals surface area (Å²) in [5.41, 5.74) is 4.41. The number of benzene rings is 2. The van der Waals surface area contributed by atoms with E-state index in [9.17, 15) is 4.79 Å². The molecule has 0 aliphatic carbocycles. The van der Waals surface area contributed by atoms with Crippen LogP contribution in [0.4, 0.5) is 0 Å². The van der Waals surface area contributed by atoms with Gasteiger partial charge in [-0.25, -0.2) is 9.66 Å². The number of hydrogen-bond donors (Lipinski definition) is 1. The molecule has 1 aromatic heterocycles. The second-order valence-electron chi connectivity index (χ2n) is 4.18. The average Bonchev–Trinajstić information content (AvgIpc) is 2.48. The lowest BCUT2D eigenvalue weighted by molar-refractivity contribution is 0.868. The van der Waals surface area contributed by atoms with Crippen LogP contribution in [0.1, 0.15) is 0 Å². The van der Waals surface area contributed by atoms with Crippen molar-refractivity contribution in [2.75, 3.05) is 12.5 Å². The van der Waals surface area contributed by atoms with Gasteiger partial charge in [-0.05, 0) is 12.1 Å². The van der Waals surface area contributed by atoms with E-state index in [0.717, 1.165) is 5.56 Å². The molecule has 4 heteroatoms. The summed E-state index contributed by atoms with van der Waals surface area (Å²) in [5, 5.41) is 0.608. The average molecular weight is 251 g/mol. The minimum absolute atomic E-state index is 0.0908. The van der Waals surface area contributed by atoms with Gasteiger partial charge in [0.2, 0.25) is 0 Å². The first kappa shape index (κ1) is 11.5. The minimum atomic E-state index is -0.0908. The molecular formula is C15H13N3O. The molecule has 0 bridgehead atoms. The van der Waals surface area contributed by atoms with E-state index >= 15 is 0 Å². The largest absolute Gasteiger partial charge is 0.324 e. The Labute approximate surface area is 110 Å². The first-order valence-corrected chi connectivity index (χ1v) is 6.06. The molecule has 0 spiro atoms. The van der Waals surface area contributed by atoms with Gasteiger partial charge in [0.05, 0.1) is 10.9 Å². The fourth-order valence-corrected chi connectivity index (χ4v) is 2.12. The summed E-state index contributed by atoms with van der Waals surface area (Å²) in [6.45, 7) is 0. The Morgan fingerprint density at radius 1 is 1.00 bits per heavy atom. The molecule has 0 saturated heterocycles. The third kappa shape index (κ3) is 1.87. The van der Waals surface area contributed by atoms with Crippen LogP contribution < -0.4 is 11.0 Å². The lowest BCUT2D eigenvalue weighted by atomic mass is 10.2. The van der Waals surface area contributed by atoms with Crippen LogP contribution in [0.3, 0.4) is 0 Å². The Morgan fingerprint density at radius 3 is 2.42 bits per heavy atom. The highest BCUT2D eigenvalue weighted by molar-refractivity contribution is 5.79. The summed E-state index contributed by atoms with van der Waals surface area (Å²) in [7, 11) is 1.71. The zero-order valence-electron chi connectivity index (χ0n) is 10.5. The van der Waals surface area contributed by atoms with Gasteiger partial charge in [0.25, 0.3) is 5.56 Å². The van der Waals surface area contributed by atoms with Gasteiger partial charge in [-0.1, -0.05) is 42.5 Å². The van der Waals surface area contributed by atoms with Crippen LogP contribution in [0.2, 0.25) is 0 Å². The Kier molecular flexibility index (Phi) is 2.76. The second kappa shape index (κ2) is 4.57. The van der Waals surface area contributed by atoms with Crippen LogP contribution >= 0.6 is 0 Å². The highest BCUT2D eigenvalue weighted by Gasteiger charge is 2.10. The number of hydrogen-bond acceptors (Lipinski definition) is 3. The maximum Gasteiger partial charge on any atom is 0.280 e. The van der Waals surface area contributed by atoms with Crippen LogP contribution in [0.25, 0.3) is 22.3 Å². The molecule has 0 aliphatic rings. The fourth-order valence-electron chi connectivity index (χ4n) is 2.12. The molecule has 0 unspecified atom stereocenters. The Hall–Kier alpha value is -2.62. The van der Waals surface area contributed by atoms with Gasteiger partial charge in [-0.2, -0.15) is 0 Å². The summed E-state index contributed by atoms with van der Waals surface area (Å²) in [6.07, 6.45) is 0. The van der Waals surface area contributed by atoms with Gasteiger partial charge in [0, 0.05) is 12.6 Å². The minimum Gasteiger partial charge on any atom is -0.324 e. The van der Waals surface area contributed by atoms with Crippen LogP contribution in [-0.2, 0) is 0 Å². The van der Waals surface area contributed by atoms with Gasteiger partial charge in [0.15, 0.2) is 5.82 Å². The number of nitrogens with zero attached hydrogens (tertiary/aromatic N) is 2. The second-order valence-corrected chi connectivity index (χ2v) is 4.18. The molecule has 3 rings (SSSR count). The summed E-state index contributed by atoms with van der Waals surface area (Å²) in [4.78, 5) is 17.0. The fraction of sp³-hybridized carbons (Fsp3) is 0.0667. The van der Waals surface area contributed by atoms with Crippen LogP contribution in [0.5, 0.6) is 0 Å². The van der Waals surface area contributed by atoms with Gasteiger partial charge in [-0.3, -0.25) is 4.79 Å².